The third-order valence-electron chi connectivity index (χ3n) is 2.12. The highest BCUT2D eigenvalue weighted by Gasteiger charge is 2.09. The molecule has 1 aromatic rings. The maximum Gasteiger partial charge on any atom is 0.150 e. The summed E-state index contributed by atoms with van der Waals surface area (Å²) in [4.78, 5) is 0. The highest BCUT2D eigenvalue weighted by atomic mass is 79.9. The fourth-order valence-electron chi connectivity index (χ4n) is 1.34. The molecule has 0 unspecified atom stereocenters. The molecule has 0 atom stereocenters. The SMILES string of the molecule is CNCc1cccc(Br)c1OCCS(C)(=O)=O.Cl. The van der Waals surface area contributed by atoms with Crippen LogP contribution in [0.5, 0.6) is 5.75 Å². The molecule has 18 heavy (non-hydrogen) atoms. The molecule has 1 N–H and O–H groups in total. The monoisotopic (exact) mass is 357 g/mol. The molecule has 0 fully saturated rings. The number of hydrogen-bond acceptors (Lipinski definition) is 4. The van der Waals surface area contributed by atoms with Crippen LogP contribution in [0.25, 0.3) is 0 Å². The molecule has 4 nitrogen and oxygen atoms in total. The average Bonchev–Trinajstić information content (AvgIpc) is 2.21. The first-order chi connectivity index (χ1) is 7.94. The number of hydrogen-bond donors (Lipinski definition) is 1. The summed E-state index contributed by atoms with van der Waals surface area (Å²) in [5.41, 5.74) is 0.996. The largest absolute Gasteiger partial charge is 0.491 e. The molecule has 0 aliphatic carbocycles. The van der Waals surface area contributed by atoms with Gasteiger partial charge in [-0.05, 0) is 29.0 Å². The van der Waals surface area contributed by atoms with Gasteiger partial charge in [0.05, 0.1) is 10.2 Å². The highest BCUT2D eigenvalue weighted by molar-refractivity contribution is 9.10. The summed E-state index contributed by atoms with van der Waals surface area (Å²) in [6.45, 7) is 0.839. The van der Waals surface area contributed by atoms with Crippen molar-refractivity contribution in [2.45, 2.75) is 6.54 Å². The highest BCUT2D eigenvalue weighted by Crippen LogP contribution is 2.28. The minimum atomic E-state index is -2.99. The Labute approximate surface area is 123 Å². The summed E-state index contributed by atoms with van der Waals surface area (Å²) in [5, 5.41) is 3.04. The Morgan fingerprint density at radius 3 is 2.61 bits per heavy atom. The first-order valence-electron chi connectivity index (χ1n) is 5.16. The fraction of sp³-hybridized carbons (Fsp3) is 0.455. The van der Waals surface area contributed by atoms with Crippen LogP contribution in [0.3, 0.4) is 0 Å². The third kappa shape index (κ3) is 6.04. The van der Waals surface area contributed by atoms with Gasteiger partial charge in [0.1, 0.15) is 12.4 Å². The van der Waals surface area contributed by atoms with Crippen LogP contribution in [0.1, 0.15) is 5.56 Å². The van der Waals surface area contributed by atoms with Gasteiger partial charge >= 0.3 is 0 Å². The lowest BCUT2D eigenvalue weighted by Gasteiger charge is -2.12. The smallest absolute Gasteiger partial charge is 0.150 e. The van der Waals surface area contributed by atoms with Gasteiger partial charge in [-0.3, -0.25) is 0 Å². The van der Waals surface area contributed by atoms with Crippen molar-refractivity contribution in [1.82, 2.24) is 5.32 Å². The van der Waals surface area contributed by atoms with Crippen molar-refractivity contribution in [2.75, 3.05) is 25.7 Å². The van der Waals surface area contributed by atoms with Crippen LogP contribution in [0.15, 0.2) is 22.7 Å². The Morgan fingerprint density at radius 2 is 2.06 bits per heavy atom. The Morgan fingerprint density at radius 1 is 1.39 bits per heavy atom. The quantitative estimate of drug-likeness (QED) is 0.845. The van der Waals surface area contributed by atoms with Gasteiger partial charge in [-0.1, -0.05) is 12.1 Å². The summed E-state index contributed by atoms with van der Waals surface area (Å²) in [5.74, 6) is 0.721. The molecule has 0 spiro atoms. The van der Waals surface area contributed by atoms with Crippen molar-refractivity contribution in [3.63, 3.8) is 0 Å². The van der Waals surface area contributed by atoms with Crippen LogP contribution in [-0.2, 0) is 16.4 Å². The number of rotatable bonds is 6. The average molecular weight is 359 g/mol. The lowest BCUT2D eigenvalue weighted by molar-refractivity contribution is 0.334. The zero-order valence-corrected chi connectivity index (χ0v) is 13.5. The molecule has 0 amide bonds. The third-order valence-corrected chi connectivity index (χ3v) is 3.65. The van der Waals surface area contributed by atoms with Crippen LogP contribution >= 0.6 is 28.3 Å². The van der Waals surface area contributed by atoms with Crippen LogP contribution in [0.4, 0.5) is 0 Å². The number of ether oxygens (including phenoxy) is 1. The summed E-state index contributed by atoms with van der Waals surface area (Å²) in [7, 11) is -1.14. The van der Waals surface area contributed by atoms with Crippen molar-refractivity contribution in [3.8, 4) is 5.75 Å². The van der Waals surface area contributed by atoms with Crippen molar-refractivity contribution >= 4 is 38.2 Å². The molecule has 0 radical (unpaired) electrons. The molecule has 7 heteroatoms. The van der Waals surface area contributed by atoms with Crippen LogP contribution in [0.2, 0.25) is 0 Å². The summed E-state index contributed by atoms with van der Waals surface area (Å²) >= 11 is 3.40. The fourth-order valence-corrected chi connectivity index (χ4v) is 2.25. The minimum Gasteiger partial charge on any atom is -0.491 e. The summed E-state index contributed by atoms with van der Waals surface area (Å²) in [6.07, 6.45) is 1.20. The normalized spacial score (nSPS) is 10.8. The van der Waals surface area contributed by atoms with Crippen molar-refractivity contribution in [2.24, 2.45) is 0 Å². The molecule has 0 heterocycles. The van der Waals surface area contributed by atoms with Gasteiger partial charge in [-0.25, -0.2) is 8.42 Å². The Kier molecular flexibility index (Phi) is 7.86. The molecule has 0 aliphatic rings. The molecule has 0 bridgehead atoms. The van der Waals surface area contributed by atoms with E-state index in [9.17, 15) is 8.42 Å². The van der Waals surface area contributed by atoms with E-state index in [4.69, 9.17) is 4.74 Å². The van der Waals surface area contributed by atoms with E-state index in [0.29, 0.717) is 12.3 Å². The number of benzene rings is 1. The molecule has 0 saturated heterocycles. The topological polar surface area (TPSA) is 55.4 Å². The Bertz CT molecular complexity index is 479. The predicted molar refractivity (Wildman–Crippen MR) is 79.4 cm³/mol. The van der Waals surface area contributed by atoms with Crippen molar-refractivity contribution in [3.05, 3.63) is 28.2 Å². The van der Waals surface area contributed by atoms with E-state index in [1.54, 1.807) is 0 Å². The minimum absolute atomic E-state index is 0. The van der Waals surface area contributed by atoms with E-state index in [2.05, 4.69) is 21.2 Å². The van der Waals surface area contributed by atoms with Crippen molar-refractivity contribution < 1.29 is 13.2 Å². The first kappa shape index (κ1) is 17.7. The lowest BCUT2D eigenvalue weighted by atomic mass is 10.2. The van der Waals surface area contributed by atoms with E-state index in [0.717, 1.165) is 10.0 Å². The number of sulfone groups is 1. The molecule has 104 valence electrons. The predicted octanol–water partition coefficient (Wildman–Crippen LogP) is 2.01. The van der Waals surface area contributed by atoms with E-state index >= 15 is 0 Å². The number of para-hydroxylation sites is 1. The zero-order valence-electron chi connectivity index (χ0n) is 10.3. The van der Waals surface area contributed by atoms with E-state index in [1.807, 2.05) is 25.2 Å². The maximum atomic E-state index is 11.0. The standard InChI is InChI=1S/C11H16BrNO3S.ClH/c1-13-8-9-4-3-5-10(12)11(9)16-6-7-17(2,14)15;/h3-5,13H,6-8H2,1-2H3;1H. The second-order valence-corrected chi connectivity index (χ2v) is 6.85. The number of nitrogens with one attached hydrogen (secondary N) is 1. The van der Waals surface area contributed by atoms with Gasteiger partial charge < -0.3 is 10.1 Å². The summed E-state index contributed by atoms with van der Waals surface area (Å²) in [6, 6.07) is 5.73. The van der Waals surface area contributed by atoms with Gasteiger partial charge in [0.25, 0.3) is 0 Å². The van der Waals surface area contributed by atoms with Gasteiger partial charge in [0.2, 0.25) is 0 Å². The first-order valence-corrected chi connectivity index (χ1v) is 8.02. The molecule has 0 saturated carbocycles. The molecule has 1 rings (SSSR count). The second kappa shape index (κ2) is 7.99. The van der Waals surface area contributed by atoms with E-state index < -0.39 is 9.84 Å². The molecular weight excluding hydrogens is 342 g/mol. The van der Waals surface area contributed by atoms with Gasteiger partial charge in [-0.2, -0.15) is 0 Å². The Balaban J connectivity index is 0.00000289. The Hall–Kier alpha value is -0.300. The van der Waals surface area contributed by atoms with E-state index in [1.165, 1.54) is 6.26 Å². The van der Waals surface area contributed by atoms with Crippen LogP contribution < -0.4 is 10.1 Å². The van der Waals surface area contributed by atoms with Crippen LogP contribution in [-0.4, -0.2) is 34.1 Å². The molecule has 1 aromatic carbocycles. The van der Waals surface area contributed by atoms with Gasteiger partial charge in [0, 0.05) is 18.4 Å². The molecule has 0 aromatic heterocycles. The number of halogens is 2. The van der Waals surface area contributed by atoms with Crippen molar-refractivity contribution in [1.29, 1.82) is 0 Å². The lowest BCUT2D eigenvalue weighted by Crippen LogP contribution is -2.14. The zero-order chi connectivity index (χ0) is 12.9. The summed E-state index contributed by atoms with van der Waals surface area (Å²) < 4.78 is 28.4. The van der Waals surface area contributed by atoms with Gasteiger partial charge in [-0.15, -0.1) is 12.4 Å². The van der Waals surface area contributed by atoms with Crippen LogP contribution in [0, 0.1) is 0 Å². The van der Waals surface area contributed by atoms with E-state index in [-0.39, 0.29) is 24.8 Å². The second-order valence-electron chi connectivity index (χ2n) is 3.74. The maximum absolute atomic E-state index is 11.0. The molecule has 0 aliphatic heterocycles. The molecular formula is C11H17BrClNO3S. The van der Waals surface area contributed by atoms with Gasteiger partial charge in [0.15, 0.2) is 9.84 Å².